The number of aromatic nitrogens is 2. The minimum Gasteiger partial charge on any atom is -0.741 e. The third-order valence-corrected chi connectivity index (χ3v) is 9.48. The van der Waals surface area contributed by atoms with Crippen molar-refractivity contribution in [1.82, 2.24) is 20.0 Å². The molecule has 2 aliphatic rings. The second-order valence-electron chi connectivity index (χ2n) is 18.3. The maximum absolute atomic E-state index is 13.4. The van der Waals surface area contributed by atoms with Crippen molar-refractivity contribution >= 4 is 51.7 Å². The van der Waals surface area contributed by atoms with Gasteiger partial charge in [-0.2, -0.15) is 17.9 Å². The number of nitrogens with zero attached hydrogens (tertiary/aromatic N) is 4. The Hall–Kier alpha value is -6.27. The van der Waals surface area contributed by atoms with Crippen molar-refractivity contribution in [3.05, 3.63) is 77.6 Å². The number of likely N-dealkylation sites (tertiary alicyclic amines) is 1. The lowest BCUT2D eigenvalue weighted by Crippen LogP contribution is -2.58. The number of anilines is 1. The standard InChI is InChI=1S/C42H54N6O11.CHF3O3S/c1-40(2,3)56-37(52)33(59-48-35(50)31-13-10-11-14-32(31)36(48)51)26-55-30-17-15-28(16-18-30)34(49)44-29-24-46(20-12-19-43-38(53)57-41(4,5)6)47(25-29)23-27-21-45(22-27)39(54)58-42(7,8)9;2-1(3,4)8(5,6)7/h10-11,13-18,24-25,27,33H,12,19-23,26H2,1-9H3,(H-,43,44,49,53);(H,5,6,7)/t33-;/m0./s1. The molecule has 0 bridgehead atoms. The summed E-state index contributed by atoms with van der Waals surface area (Å²) >= 11 is 0. The molecule has 67 heavy (non-hydrogen) atoms. The number of hydrogen-bond acceptors (Lipinski definition) is 14. The average Bonchev–Trinajstić information content (AvgIpc) is 3.65. The zero-order valence-electron chi connectivity index (χ0n) is 38.4. The minimum atomic E-state index is -6.09. The zero-order valence-corrected chi connectivity index (χ0v) is 39.2. The van der Waals surface area contributed by atoms with Gasteiger partial charge in [0.15, 0.2) is 16.7 Å². The van der Waals surface area contributed by atoms with E-state index in [0.29, 0.717) is 55.5 Å². The van der Waals surface area contributed by atoms with Gasteiger partial charge in [-0.05, 0) is 105 Å². The molecule has 1 atom stereocenters. The Kier molecular flexibility index (Phi) is 16.8. The molecular weight excluding hydrogens is 914 g/mol. The Bertz CT molecular complexity index is 2360. The molecule has 3 heterocycles. The summed E-state index contributed by atoms with van der Waals surface area (Å²) in [4.78, 5) is 84.4. The van der Waals surface area contributed by atoms with E-state index in [2.05, 4.69) is 10.6 Å². The predicted octanol–water partition coefficient (Wildman–Crippen LogP) is 5.18. The number of aryl methyl sites for hydroxylation is 1. The quantitative estimate of drug-likeness (QED) is 0.0403. The van der Waals surface area contributed by atoms with E-state index in [0.717, 1.165) is 0 Å². The molecule has 368 valence electrons. The summed E-state index contributed by atoms with van der Waals surface area (Å²) in [5, 5.41) is 6.24. The highest BCUT2D eigenvalue weighted by atomic mass is 32.2. The molecule has 1 saturated heterocycles. The average molecular weight is 969 g/mol. The maximum Gasteiger partial charge on any atom is 0.485 e. The first-order valence-corrected chi connectivity index (χ1v) is 22.2. The molecule has 0 saturated carbocycles. The van der Waals surface area contributed by atoms with Crippen LogP contribution in [-0.2, 0) is 47.1 Å². The fraction of sp³-hybridized carbons (Fsp3) is 0.512. The number of alkyl halides is 3. The summed E-state index contributed by atoms with van der Waals surface area (Å²) in [5.74, 6) is -2.22. The fourth-order valence-electron chi connectivity index (χ4n) is 6.07. The minimum absolute atomic E-state index is 0.152. The number of amides is 5. The summed E-state index contributed by atoms with van der Waals surface area (Å²) < 4.78 is 85.0. The molecule has 1 fully saturated rings. The number of esters is 1. The molecule has 5 rings (SSSR count). The second kappa shape index (κ2) is 21.1. The van der Waals surface area contributed by atoms with Crippen LogP contribution in [0.15, 0.2) is 60.9 Å². The van der Waals surface area contributed by atoms with Crippen LogP contribution < -0.4 is 20.1 Å². The van der Waals surface area contributed by atoms with Gasteiger partial charge in [0, 0.05) is 25.2 Å². The summed E-state index contributed by atoms with van der Waals surface area (Å²) in [6, 6.07) is 12.4. The molecule has 20 nitrogen and oxygen atoms in total. The highest BCUT2D eigenvalue weighted by Gasteiger charge is 2.41. The largest absolute Gasteiger partial charge is 0.741 e. The smallest absolute Gasteiger partial charge is 0.485 e. The lowest BCUT2D eigenvalue weighted by Gasteiger charge is -2.38. The molecule has 2 aromatic carbocycles. The fourth-order valence-corrected chi connectivity index (χ4v) is 6.07. The lowest BCUT2D eigenvalue weighted by atomic mass is 10.0. The van der Waals surface area contributed by atoms with E-state index in [-0.39, 0.29) is 28.9 Å². The van der Waals surface area contributed by atoms with Crippen molar-refractivity contribution < 1.29 is 83.4 Å². The van der Waals surface area contributed by atoms with E-state index >= 15 is 0 Å². The number of rotatable bonds is 14. The van der Waals surface area contributed by atoms with Crippen LogP contribution in [0.25, 0.3) is 0 Å². The van der Waals surface area contributed by atoms with Crippen LogP contribution in [-0.4, -0.2) is 118 Å². The Morgan fingerprint density at radius 1 is 0.836 bits per heavy atom. The van der Waals surface area contributed by atoms with Crippen molar-refractivity contribution in [2.75, 3.05) is 31.6 Å². The highest BCUT2D eigenvalue weighted by Crippen LogP contribution is 2.26. The number of fused-ring (bicyclic) bond motifs is 1. The van der Waals surface area contributed by atoms with Gasteiger partial charge in [-0.15, -0.1) is 9.75 Å². The van der Waals surface area contributed by atoms with Crippen LogP contribution in [0.2, 0.25) is 0 Å². The second-order valence-corrected chi connectivity index (χ2v) is 19.7. The first kappa shape index (κ1) is 53.3. The topological polar surface area (TPSA) is 245 Å². The van der Waals surface area contributed by atoms with Crippen LogP contribution in [0, 0.1) is 5.92 Å². The molecule has 2 N–H and O–H groups in total. The van der Waals surface area contributed by atoms with Gasteiger partial charge in [0.05, 0.1) is 29.8 Å². The Balaban J connectivity index is 0.00000112. The number of carbonyl (C=O) groups is 6. The van der Waals surface area contributed by atoms with E-state index < -0.39 is 74.9 Å². The Morgan fingerprint density at radius 3 is 1.88 bits per heavy atom. The number of alkyl carbamates (subject to hydrolysis) is 1. The summed E-state index contributed by atoms with van der Waals surface area (Å²) in [6.07, 6.45) is 1.86. The molecule has 2 aliphatic heterocycles. The first-order valence-electron chi connectivity index (χ1n) is 20.8. The lowest BCUT2D eigenvalue weighted by molar-refractivity contribution is -0.781. The number of hydrogen-bond donors (Lipinski definition) is 2. The van der Waals surface area contributed by atoms with Gasteiger partial charge in [0.1, 0.15) is 34.8 Å². The van der Waals surface area contributed by atoms with Crippen LogP contribution in [0.3, 0.4) is 0 Å². The van der Waals surface area contributed by atoms with E-state index in [4.69, 9.17) is 36.8 Å². The Morgan fingerprint density at radius 2 is 1.37 bits per heavy atom. The van der Waals surface area contributed by atoms with Gasteiger partial charge in [-0.1, -0.05) is 12.1 Å². The van der Waals surface area contributed by atoms with Crippen molar-refractivity contribution in [2.24, 2.45) is 5.92 Å². The number of nitrogens with one attached hydrogen (secondary N) is 2. The number of ether oxygens (including phenoxy) is 4. The van der Waals surface area contributed by atoms with E-state index in [1.807, 2.05) is 36.3 Å². The van der Waals surface area contributed by atoms with Gasteiger partial charge in [-0.25, -0.2) is 27.6 Å². The molecule has 0 aliphatic carbocycles. The van der Waals surface area contributed by atoms with Crippen LogP contribution >= 0.6 is 0 Å². The third-order valence-electron chi connectivity index (χ3n) is 8.91. The third kappa shape index (κ3) is 16.2. The van der Waals surface area contributed by atoms with Gasteiger partial charge in [-0.3, -0.25) is 14.4 Å². The van der Waals surface area contributed by atoms with Gasteiger partial charge in [0.25, 0.3) is 17.7 Å². The van der Waals surface area contributed by atoms with E-state index in [1.165, 1.54) is 12.1 Å². The van der Waals surface area contributed by atoms with Crippen LogP contribution in [0.1, 0.15) is 99.8 Å². The molecule has 3 aromatic rings. The molecule has 0 radical (unpaired) electrons. The molecule has 0 spiro atoms. The summed E-state index contributed by atoms with van der Waals surface area (Å²) in [6.45, 7) is 18.0. The monoisotopic (exact) mass is 968 g/mol. The van der Waals surface area contributed by atoms with E-state index in [1.54, 1.807) is 89.0 Å². The van der Waals surface area contributed by atoms with Crippen molar-refractivity contribution in [2.45, 2.75) is 110 Å². The van der Waals surface area contributed by atoms with Crippen molar-refractivity contribution in [3.8, 4) is 5.75 Å². The van der Waals surface area contributed by atoms with Gasteiger partial charge >= 0.3 is 23.7 Å². The normalized spacial score (nSPS) is 14.8. The van der Waals surface area contributed by atoms with Crippen LogP contribution in [0.5, 0.6) is 5.75 Å². The summed E-state index contributed by atoms with van der Waals surface area (Å²) in [7, 11) is -6.09. The molecule has 1 aromatic heterocycles. The number of hydroxylamine groups is 2. The molecular formula is C43H55F3N6O14S. The Labute approximate surface area is 385 Å². The number of benzene rings is 2. The summed E-state index contributed by atoms with van der Waals surface area (Å²) in [5.41, 5.74) is -6.59. The number of halogens is 3. The van der Waals surface area contributed by atoms with Crippen LogP contribution in [0.4, 0.5) is 28.4 Å². The number of imide groups is 1. The molecule has 24 heteroatoms. The maximum atomic E-state index is 13.4. The van der Waals surface area contributed by atoms with Gasteiger partial charge < -0.3 is 39.0 Å². The highest BCUT2D eigenvalue weighted by molar-refractivity contribution is 7.86. The predicted molar refractivity (Wildman–Crippen MR) is 228 cm³/mol. The molecule has 0 unspecified atom stereocenters. The first-order chi connectivity index (χ1) is 30.8. The number of carbonyl (C=O) groups excluding carboxylic acids is 6. The van der Waals surface area contributed by atoms with Crippen molar-refractivity contribution in [1.29, 1.82) is 0 Å². The van der Waals surface area contributed by atoms with Gasteiger partial charge in [0.2, 0.25) is 12.3 Å². The molecule has 5 amide bonds. The van der Waals surface area contributed by atoms with Crippen molar-refractivity contribution in [3.63, 3.8) is 0 Å². The zero-order chi connectivity index (χ0) is 50.3. The van der Waals surface area contributed by atoms with E-state index in [9.17, 15) is 41.9 Å². The SMILES string of the molecule is CC(C)(C)OC(=O)NCCCn1cc(NC(=O)c2ccc(OC[C@H](ON3C(=O)c4ccccc4C3=O)C(=O)OC(C)(C)C)cc2)c[n+]1CC1CN(C(=O)OC(C)(C)C)C1.O=S(=O)([O-])C(F)(F)F.